The zero-order valence-corrected chi connectivity index (χ0v) is 17.1. The molecule has 1 aliphatic heterocycles. The van der Waals surface area contributed by atoms with Crippen LogP contribution in [0.1, 0.15) is 37.0 Å². The molecule has 1 aromatic carbocycles. The van der Waals surface area contributed by atoms with Gasteiger partial charge in [-0.05, 0) is 44.9 Å². The van der Waals surface area contributed by atoms with Gasteiger partial charge >= 0.3 is 18.2 Å². The summed E-state index contributed by atoms with van der Waals surface area (Å²) in [5.41, 5.74) is 0.570. The van der Waals surface area contributed by atoms with E-state index in [0.717, 1.165) is 0 Å². The minimum atomic E-state index is -0.685. The molecular weight excluding hydrogens is 394 g/mol. The summed E-state index contributed by atoms with van der Waals surface area (Å²) in [6, 6.07) is 6.03. The SMILES string of the molecule is CCOC(=O)Nc1cccc(C(=O)OCC(=O)NC2CCN(C(=O)OCC)CC2)c1. The van der Waals surface area contributed by atoms with E-state index in [0.29, 0.717) is 38.2 Å². The van der Waals surface area contributed by atoms with E-state index in [1.54, 1.807) is 30.9 Å². The van der Waals surface area contributed by atoms with Gasteiger partial charge in [0.15, 0.2) is 6.61 Å². The summed E-state index contributed by atoms with van der Waals surface area (Å²) in [5, 5.41) is 5.29. The Kier molecular flexibility index (Phi) is 8.92. The predicted molar refractivity (Wildman–Crippen MR) is 107 cm³/mol. The van der Waals surface area contributed by atoms with Crippen molar-refractivity contribution in [3.8, 4) is 0 Å². The quantitative estimate of drug-likeness (QED) is 0.511. The highest BCUT2D eigenvalue weighted by molar-refractivity contribution is 5.93. The standard InChI is InChI=1S/C20H27N3O7/c1-3-28-19(26)22-16-7-5-6-14(12-16)18(25)30-13-17(24)21-15-8-10-23(11-9-15)20(27)29-4-2/h5-7,12,15H,3-4,8-11,13H2,1-2H3,(H,21,24)(H,22,26). The summed E-state index contributed by atoms with van der Waals surface area (Å²) in [7, 11) is 0. The fourth-order valence-corrected chi connectivity index (χ4v) is 2.91. The third kappa shape index (κ3) is 7.26. The highest BCUT2D eigenvalue weighted by atomic mass is 16.6. The van der Waals surface area contributed by atoms with Gasteiger partial charge in [-0.15, -0.1) is 0 Å². The molecule has 0 unspecified atom stereocenters. The fraction of sp³-hybridized carbons (Fsp3) is 0.500. The number of nitrogens with zero attached hydrogens (tertiary/aromatic N) is 1. The van der Waals surface area contributed by atoms with Crippen LogP contribution in [-0.4, -0.2) is 67.9 Å². The monoisotopic (exact) mass is 421 g/mol. The summed E-state index contributed by atoms with van der Waals surface area (Å²) < 4.78 is 14.8. The van der Waals surface area contributed by atoms with Gasteiger partial charge in [-0.1, -0.05) is 6.07 Å². The van der Waals surface area contributed by atoms with Crippen LogP contribution in [0.3, 0.4) is 0 Å². The molecule has 10 heteroatoms. The molecule has 2 rings (SSSR count). The lowest BCUT2D eigenvalue weighted by Crippen LogP contribution is -2.47. The van der Waals surface area contributed by atoms with Gasteiger partial charge in [-0.2, -0.15) is 0 Å². The second-order valence-electron chi connectivity index (χ2n) is 6.53. The molecule has 3 amide bonds. The first-order valence-electron chi connectivity index (χ1n) is 9.85. The number of hydrogen-bond donors (Lipinski definition) is 2. The molecule has 0 spiro atoms. The Morgan fingerprint density at radius 2 is 1.73 bits per heavy atom. The third-order valence-electron chi connectivity index (χ3n) is 4.34. The first-order valence-corrected chi connectivity index (χ1v) is 9.85. The van der Waals surface area contributed by atoms with E-state index in [2.05, 4.69) is 10.6 Å². The summed E-state index contributed by atoms with van der Waals surface area (Å²) in [4.78, 5) is 49.0. The van der Waals surface area contributed by atoms with Crippen LogP contribution in [0, 0.1) is 0 Å². The molecule has 2 N–H and O–H groups in total. The van der Waals surface area contributed by atoms with Crippen LogP contribution in [0.2, 0.25) is 0 Å². The molecule has 164 valence electrons. The number of hydrogen-bond acceptors (Lipinski definition) is 7. The lowest BCUT2D eigenvalue weighted by atomic mass is 10.1. The Bertz CT molecular complexity index is 761. The molecule has 0 aliphatic carbocycles. The molecule has 0 atom stereocenters. The Morgan fingerprint density at radius 1 is 1.03 bits per heavy atom. The predicted octanol–water partition coefficient (Wildman–Crippen LogP) is 2.15. The number of nitrogens with one attached hydrogen (secondary N) is 2. The summed E-state index contributed by atoms with van der Waals surface area (Å²) in [6.07, 6.45) is 0.215. The third-order valence-corrected chi connectivity index (χ3v) is 4.34. The van der Waals surface area contributed by atoms with E-state index in [1.165, 1.54) is 12.1 Å². The van der Waals surface area contributed by atoms with Crippen molar-refractivity contribution in [1.82, 2.24) is 10.2 Å². The zero-order chi connectivity index (χ0) is 21.9. The molecule has 1 heterocycles. The van der Waals surface area contributed by atoms with Crippen molar-refractivity contribution in [2.45, 2.75) is 32.7 Å². The Labute approximate surface area is 174 Å². The smallest absolute Gasteiger partial charge is 0.411 e. The normalized spacial score (nSPS) is 13.9. The molecule has 10 nitrogen and oxygen atoms in total. The number of carbonyl (C=O) groups is 4. The molecule has 1 saturated heterocycles. The van der Waals surface area contributed by atoms with Crippen LogP contribution in [0.4, 0.5) is 15.3 Å². The topological polar surface area (TPSA) is 123 Å². The number of rotatable bonds is 7. The Balaban J connectivity index is 1.75. The number of piperidine rings is 1. The summed E-state index contributed by atoms with van der Waals surface area (Å²) >= 11 is 0. The summed E-state index contributed by atoms with van der Waals surface area (Å²) in [6.45, 7) is 4.54. The van der Waals surface area contributed by atoms with Gasteiger partial charge in [0.1, 0.15) is 0 Å². The van der Waals surface area contributed by atoms with Crippen molar-refractivity contribution in [1.29, 1.82) is 0 Å². The van der Waals surface area contributed by atoms with E-state index in [1.807, 2.05) is 0 Å². The number of amides is 3. The number of benzene rings is 1. The van der Waals surface area contributed by atoms with Crippen molar-refractivity contribution < 1.29 is 33.4 Å². The average molecular weight is 421 g/mol. The van der Waals surface area contributed by atoms with Crippen LogP contribution in [0.5, 0.6) is 0 Å². The lowest BCUT2D eigenvalue weighted by Gasteiger charge is -2.31. The maximum absolute atomic E-state index is 12.2. The van der Waals surface area contributed by atoms with E-state index in [9.17, 15) is 19.2 Å². The molecule has 0 saturated carbocycles. The second kappa shape index (κ2) is 11.6. The molecule has 1 aromatic rings. The molecule has 0 radical (unpaired) electrons. The number of ether oxygens (including phenoxy) is 3. The number of anilines is 1. The first kappa shape index (κ1) is 23.0. The van der Waals surface area contributed by atoms with Gasteiger partial charge in [0.05, 0.1) is 18.8 Å². The number of carbonyl (C=O) groups excluding carboxylic acids is 4. The maximum atomic E-state index is 12.2. The van der Waals surface area contributed by atoms with Gasteiger partial charge in [-0.3, -0.25) is 10.1 Å². The maximum Gasteiger partial charge on any atom is 0.411 e. The zero-order valence-electron chi connectivity index (χ0n) is 17.1. The van der Waals surface area contributed by atoms with E-state index in [-0.39, 0.29) is 24.3 Å². The van der Waals surface area contributed by atoms with Crippen molar-refractivity contribution in [2.24, 2.45) is 0 Å². The van der Waals surface area contributed by atoms with Crippen molar-refractivity contribution in [2.75, 3.05) is 38.2 Å². The van der Waals surface area contributed by atoms with Crippen LogP contribution in [0.15, 0.2) is 24.3 Å². The molecule has 1 fully saturated rings. The van der Waals surface area contributed by atoms with Gasteiger partial charge in [0.2, 0.25) is 0 Å². The molecular formula is C20H27N3O7. The minimum absolute atomic E-state index is 0.0982. The average Bonchev–Trinajstić information content (AvgIpc) is 2.73. The lowest BCUT2D eigenvalue weighted by molar-refractivity contribution is -0.125. The molecule has 1 aliphatic rings. The largest absolute Gasteiger partial charge is 0.452 e. The van der Waals surface area contributed by atoms with E-state index in [4.69, 9.17) is 14.2 Å². The Morgan fingerprint density at radius 3 is 2.40 bits per heavy atom. The van der Waals surface area contributed by atoms with Crippen LogP contribution in [-0.2, 0) is 19.0 Å². The van der Waals surface area contributed by atoms with Crippen LogP contribution < -0.4 is 10.6 Å². The van der Waals surface area contributed by atoms with Crippen LogP contribution in [0.25, 0.3) is 0 Å². The van der Waals surface area contributed by atoms with Crippen molar-refractivity contribution >= 4 is 29.8 Å². The second-order valence-corrected chi connectivity index (χ2v) is 6.53. The van der Waals surface area contributed by atoms with E-state index < -0.39 is 24.6 Å². The number of esters is 1. The van der Waals surface area contributed by atoms with Gasteiger partial charge in [0.25, 0.3) is 5.91 Å². The van der Waals surface area contributed by atoms with Gasteiger partial charge < -0.3 is 24.4 Å². The minimum Gasteiger partial charge on any atom is -0.452 e. The first-order chi connectivity index (χ1) is 14.4. The highest BCUT2D eigenvalue weighted by Gasteiger charge is 2.24. The van der Waals surface area contributed by atoms with Gasteiger partial charge in [0, 0.05) is 24.8 Å². The molecule has 0 bridgehead atoms. The molecule has 0 aromatic heterocycles. The summed E-state index contributed by atoms with van der Waals surface area (Å²) in [5.74, 6) is -1.10. The highest BCUT2D eigenvalue weighted by Crippen LogP contribution is 2.13. The Hall–Kier alpha value is -3.30. The van der Waals surface area contributed by atoms with Crippen molar-refractivity contribution in [3.63, 3.8) is 0 Å². The van der Waals surface area contributed by atoms with Crippen LogP contribution >= 0.6 is 0 Å². The van der Waals surface area contributed by atoms with Crippen molar-refractivity contribution in [3.05, 3.63) is 29.8 Å². The fourth-order valence-electron chi connectivity index (χ4n) is 2.91. The van der Waals surface area contributed by atoms with Gasteiger partial charge in [-0.25, -0.2) is 14.4 Å². The number of likely N-dealkylation sites (tertiary alicyclic amines) is 1. The van der Waals surface area contributed by atoms with E-state index >= 15 is 0 Å². The molecule has 30 heavy (non-hydrogen) atoms.